The number of amides is 1. The summed E-state index contributed by atoms with van der Waals surface area (Å²) in [5.41, 5.74) is 1.29. The monoisotopic (exact) mass is 379 g/mol. The molecule has 0 aromatic carbocycles. The topological polar surface area (TPSA) is 67.6 Å². The Bertz CT molecular complexity index is 844. The van der Waals surface area contributed by atoms with Crippen molar-refractivity contribution >= 4 is 27.1 Å². The van der Waals surface area contributed by atoms with E-state index >= 15 is 0 Å². The van der Waals surface area contributed by atoms with Gasteiger partial charge in [-0.1, -0.05) is 0 Å². The number of fused-ring (bicyclic) bond motifs is 1. The molecule has 0 bridgehead atoms. The predicted octanol–water partition coefficient (Wildman–Crippen LogP) is 3.05. The summed E-state index contributed by atoms with van der Waals surface area (Å²) in [6, 6.07) is 5.35. The second-order valence-corrected chi connectivity index (χ2v) is 10.2. The SMILES string of the molecule is O=C(c1cc2c(s1)CCCC2)N(Cc1ccco1)[C@@H]1CCS(=O)(=O)C1. The van der Waals surface area contributed by atoms with Crippen molar-refractivity contribution in [2.75, 3.05) is 11.5 Å². The molecule has 4 rings (SSSR count). The van der Waals surface area contributed by atoms with Crippen LogP contribution in [0.2, 0.25) is 0 Å². The maximum Gasteiger partial charge on any atom is 0.264 e. The van der Waals surface area contributed by atoms with Gasteiger partial charge in [-0.3, -0.25) is 4.79 Å². The van der Waals surface area contributed by atoms with Crippen LogP contribution in [0.3, 0.4) is 0 Å². The zero-order chi connectivity index (χ0) is 17.4. The zero-order valence-corrected chi connectivity index (χ0v) is 15.6. The molecule has 2 aromatic rings. The van der Waals surface area contributed by atoms with Crippen LogP contribution in [0, 0.1) is 0 Å². The third-order valence-corrected chi connectivity index (χ3v) is 8.00. The van der Waals surface area contributed by atoms with Crippen molar-refractivity contribution in [1.29, 1.82) is 0 Å². The van der Waals surface area contributed by atoms with Crippen molar-refractivity contribution in [3.8, 4) is 0 Å². The van der Waals surface area contributed by atoms with E-state index in [1.807, 2.05) is 12.1 Å². The van der Waals surface area contributed by atoms with Gasteiger partial charge in [0.25, 0.3) is 5.91 Å². The molecule has 3 heterocycles. The highest BCUT2D eigenvalue weighted by Crippen LogP contribution is 2.32. The van der Waals surface area contributed by atoms with Crippen LogP contribution in [0.25, 0.3) is 0 Å². The van der Waals surface area contributed by atoms with Gasteiger partial charge in [0.15, 0.2) is 9.84 Å². The van der Waals surface area contributed by atoms with Gasteiger partial charge in [0.05, 0.1) is 29.2 Å². The first kappa shape index (κ1) is 16.8. The molecule has 0 N–H and O–H groups in total. The van der Waals surface area contributed by atoms with Crippen molar-refractivity contribution in [3.63, 3.8) is 0 Å². The predicted molar refractivity (Wildman–Crippen MR) is 96.6 cm³/mol. The lowest BCUT2D eigenvalue weighted by Gasteiger charge is -2.27. The lowest BCUT2D eigenvalue weighted by molar-refractivity contribution is 0.0671. The molecule has 2 aromatic heterocycles. The molecule has 0 spiro atoms. The third kappa shape index (κ3) is 3.53. The van der Waals surface area contributed by atoms with E-state index in [1.165, 1.54) is 23.3 Å². The summed E-state index contributed by atoms with van der Waals surface area (Å²) in [4.78, 5) is 16.9. The number of hydrogen-bond acceptors (Lipinski definition) is 5. The van der Waals surface area contributed by atoms with Crippen LogP contribution in [-0.4, -0.2) is 36.8 Å². The van der Waals surface area contributed by atoms with E-state index in [-0.39, 0.29) is 23.5 Å². The summed E-state index contributed by atoms with van der Waals surface area (Å²) < 4.78 is 29.2. The van der Waals surface area contributed by atoms with Crippen LogP contribution in [0.1, 0.15) is 45.1 Å². The maximum atomic E-state index is 13.2. The van der Waals surface area contributed by atoms with Crippen molar-refractivity contribution in [1.82, 2.24) is 4.90 Å². The standard InChI is InChI=1S/C18H21NO4S2/c20-18(17-10-13-4-1-2-6-16(13)24-17)19(11-15-5-3-8-23-15)14-7-9-25(21,22)12-14/h3,5,8,10,14H,1-2,4,6-7,9,11-12H2/t14-/m1/s1. The molecule has 0 saturated carbocycles. The number of aryl methyl sites for hydroxylation is 2. The summed E-state index contributed by atoms with van der Waals surface area (Å²) >= 11 is 1.57. The minimum Gasteiger partial charge on any atom is -0.467 e. The van der Waals surface area contributed by atoms with E-state index in [4.69, 9.17) is 4.42 Å². The maximum absolute atomic E-state index is 13.2. The molecule has 1 saturated heterocycles. The van der Waals surface area contributed by atoms with E-state index in [2.05, 4.69) is 0 Å². The Balaban J connectivity index is 1.62. The third-order valence-electron chi connectivity index (χ3n) is 5.02. The molecule has 1 amide bonds. The normalized spacial score (nSPS) is 21.8. The Morgan fingerprint density at radius 3 is 2.84 bits per heavy atom. The van der Waals surface area contributed by atoms with Crippen LogP contribution < -0.4 is 0 Å². The lowest BCUT2D eigenvalue weighted by atomic mass is 9.99. The Labute approximate surface area is 151 Å². The van der Waals surface area contributed by atoms with Crippen LogP contribution in [-0.2, 0) is 29.2 Å². The van der Waals surface area contributed by atoms with E-state index in [9.17, 15) is 13.2 Å². The number of nitrogens with zero attached hydrogens (tertiary/aromatic N) is 1. The Morgan fingerprint density at radius 1 is 1.32 bits per heavy atom. The second kappa shape index (κ2) is 6.61. The van der Waals surface area contributed by atoms with Crippen LogP contribution in [0.5, 0.6) is 0 Å². The zero-order valence-electron chi connectivity index (χ0n) is 13.9. The van der Waals surface area contributed by atoms with Crippen molar-refractivity contribution in [2.24, 2.45) is 0 Å². The van der Waals surface area contributed by atoms with E-state index in [1.54, 1.807) is 28.6 Å². The number of sulfone groups is 1. The number of furan rings is 1. The highest BCUT2D eigenvalue weighted by atomic mass is 32.2. The number of thiophene rings is 1. The number of carbonyl (C=O) groups excluding carboxylic acids is 1. The number of carbonyl (C=O) groups is 1. The van der Waals surface area contributed by atoms with Gasteiger partial charge in [-0.15, -0.1) is 11.3 Å². The molecule has 1 aliphatic heterocycles. The second-order valence-electron chi connectivity index (χ2n) is 6.84. The van der Waals surface area contributed by atoms with E-state index in [0.717, 1.165) is 17.7 Å². The number of rotatable bonds is 4. The van der Waals surface area contributed by atoms with Gasteiger partial charge in [-0.25, -0.2) is 8.42 Å². The molecule has 2 aliphatic rings. The summed E-state index contributed by atoms with van der Waals surface area (Å²) in [5.74, 6) is 0.808. The molecule has 7 heteroatoms. The van der Waals surface area contributed by atoms with Crippen LogP contribution >= 0.6 is 11.3 Å². The smallest absolute Gasteiger partial charge is 0.264 e. The minimum atomic E-state index is -3.06. The van der Waals surface area contributed by atoms with Gasteiger partial charge in [0.1, 0.15) is 5.76 Å². The molecule has 1 atom stereocenters. The van der Waals surface area contributed by atoms with Crippen molar-refractivity contribution in [2.45, 2.75) is 44.7 Å². The average molecular weight is 380 g/mol. The quantitative estimate of drug-likeness (QED) is 0.819. The number of hydrogen-bond donors (Lipinski definition) is 0. The summed E-state index contributed by atoms with van der Waals surface area (Å²) in [7, 11) is -3.06. The molecule has 134 valence electrons. The van der Waals surface area contributed by atoms with Gasteiger partial charge in [0, 0.05) is 10.9 Å². The van der Waals surface area contributed by atoms with Gasteiger partial charge in [-0.2, -0.15) is 0 Å². The molecule has 0 unspecified atom stereocenters. The van der Waals surface area contributed by atoms with Gasteiger partial charge in [-0.05, 0) is 55.9 Å². The Kier molecular flexibility index (Phi) is 4.45. The average Bonchev–Trinajstić information content (AvgIpc) is 3.30. The molecule has 0 radical (unpaired) electrons. The van der Waals surface area contributed by atoms with E-state index in [0.29, 0.717) is 18.7 Å². The van der Waals surface area contributed by atoms with E-state index < -0.39 is 9.84 Å². The molecule has 5 nitrogen and oxygen atoms in total. The van der Waals surface area contributed by atoms with Gasteiger partial charge in [0.2, 0.25) is 0 Å². The van der Waals surface area contributed by atoms with Gasteiger partial charge < -0.3 is 9.32 Å². The molecular weight excluding hydrogens is 358 g/mol. The first-order valence-electron chi connectivity index (χ1n) is 8.67. The fourth-order valence-electron chi connectivity index (χ4n) is 3.70. The Morgan fingerprint density at radius 2 is 2.16 bits per heavy atom. The fraction of sp³-hybridized carbons (Fsp3) is 0.500. The molecule has 1 fully saturated rings. The highest BCUT2D eigenvalue weighted by Gasteiger charge is 2.36. The Hall–Kier alpha value is -1.60. The largest absolute Gasteiger partial charge is 0.467 e. The first-order valence-corrected chi connectivity index (χ1v) is 11.3. The summed E-state index contributed by atoms with van der Waals surface area (Å²) in [6.07, 6.45) is 6.51. The summed E-state index contributed by atoms with van der Waals surface area (Å²) in [5, 5.41) is 0. The summed E-state index contributed by atoms with van der Waals surface area (Å²) in [6.45, 7) is 0.314. The van der Waals surface area contributed by atoms with Crippen molar-refractivity contribution < 1.29 is 17.6 Å². The molecule has 1 aliphatic carbocycles. The van der Waals surface area contributed by atoms with Gasteiger partial charge >= 0.3 is 0 Å². The van der Waals surface area contributed by atoms with Crippen molar-refractivity contribution in [3.05, 3.63) is 45.5 Å². The van der Waals surface area contributed by atoms with Crippen LogP contribution in [0.15, 0.2) is 28.9 Å². The van der Waals surface area contributed by atoms with Crippen LogP contribution in [0.4, 0.5) is 0 Å². The minimum absolute atomic E-state index is 0.0462. The lowest BCUT2D eigenvalue weighted by Crippen LogP contribution is -2.40. The molecule has 25 heavy (non-hydrogen) atoms. The fourth-order valence-corrected chi connectivity index (χ4v) is 6.64. The highest BCUT2D eigenvalue weighted by molar-refractivity contribution is 7.91. The molecular formula is C18H21NO4S2. The first-order chi connectivity index (χ1) is 12.0.